The van der Waals surface area contributed by atoms with Crippen LogP contribution >= 0.6 is 0 Å². The van der Waals surface area contributed by atoms with Crippen molar-refractivity contribution in [3.05, 3.63) is 121 Å². The first kappa shape index (κ1) is 19.4. The van der Waals surface area contributed by atoms with E-state index in [1.807, 2.05) is 18.3 Å². The molecule has 1 N–H and O–H groups in total. The molecule has 0 spiro atoms. The van der Waals surface area contributed by atoms with Crippen LogP contribution in [0.4, 0.5) is 0 Å². The fourth-order valence-electron chi connectivity index (χ4n) is 5.77. The van der Waals surface area contributed by atoms with Crippen LogP contribution in [0.1, 0.15) is 0 Å². The van der Waals surface area contributed by atoms with E-state index in [4.69, 9.17) is 0 Å². The van der Waals surface area contributed by atoms with Crippen LogP contribution in [0.25, 0.3) is 71.3 Å². The van der Waals surface area contributed by atoms with E-state index >= 15 is 0 Å². The van der Waals surface area contributed by atoms with Crippen molar-refractivity contribution in [2.45, 2.75) is 0 Å². The molecule has 5 aromatic carbocycles. The van der Waals surface area contributed by atoms with Crippen LogP contribution in [0, 0.1) is 0 Å². The molecule has 0 fully saturated rings. The largest absolute Gasteiger partial charge is 0.354 e. The van der Waals surface area contributed by atoms with Gasteiger partial charge >= 0.3 is 0 Å². The predicted octanol–water partition coefficient (Wildman–Crippen LogP) is 8.63. The number of hydrogen-bond acceptors (Lipinski definition) is 1. The fourth-order valence-corrected chi connectivity index (χ4v) is 5.77. The lowest BCUT2D eigenvalue weighted by Gasteiger charge is -2.10. The maximum Gasteiger partial charge on any atom is 0.0702 e. The van der Waals surface area contributed by atoms with E-state index in [1.54, 1.807) is 0 Å². The first-order valence-electron chi connectivity index (χ1n) is 12.2. The van der Waals surface area contributed by atoms with Gasteiger partial charge in [0.1, 0.15) is 0 Å². The summed E-state index contributed by atoms with van der Waals surface area (Å²) in [7, 11) is 0. The lowest BCUT2D eigenvalue weighted by molar-refractivity contribution is 1.19. The molecule has 3 nitrogen and oxygen atoms in total. The minimum absolute atomic E-state index is 0.985. The number of benzene rings is 5. The molecule has 8 aromatic rings. The van der Waals surface area contributed by atoms with Crippen LogP contribution in [0.3, 0.4) is 0 Å². The highest BCUT2D eigenvalue weighted by molar-refractivity contribution is 6.27. The minimum Gasteiger partial charge on any atom is -0.354 e. The van der Waals surface area contributed by atoms with Gasteiger partial charge in [-0.3, -0.25) is 4.98 Å². The Hall–Kier alpha value is -4.89. The molecule has 3 heteroatoms. The summed E-state index contributed by atoms with van der Waals surface area (Å²) >= 11 is 0. The Bertz CT molecular complexity index is 2080. The molecule has 8 rings (SSSR count). The van der Waals surface area contributed by atoms with Crippen molar-refractivity contribution in [3.8, 4) is 16.9 Å². The summed E-state index contributed by atoms with van der Waals surface area (Å²) in [5.74, 6) is 0. The first-order valence-corrected chi connectivity index (χ1v) is 12.2. The normalized spacial score (nSPS) is 11.9. The van der Waals surface area contributed by atoms with Gasteiger partial charge in [-0.05, 0) is 47.9 Å². The summed E-state index contributed by atoms with van der Waals surface area (Å²) in [6, 6.07) is 41.1. The van der Waals surface area contributed by atoms with Gasteiger partial charge in [-0.2, -0.15) is 0 Å². The summed E-state index contributed by atoms with van der Waals surface area (Å²) in [5, 5.41) is 7.46. The van der Waals surface area contributed by atoms with Crippen LogP contribution in [-0.4, -0.2) is 14.5 Å². The van der Waals surface area contributed by atoms with Gasteiger partial charge in [0.15, 0.2) is 0 Å². The molecule has 36 heavy (non-hydrogen) atoms. The second-order valence-corrected chi connectivity index (χ2v) is 9.34. The molecule has 0 saturated heterocycles. The smallest absolute Gasteiger partial charge is 0.0702 e. The maximum atomic E-state index is 4.60. The third-order valence-electron chi connectivity index (χ3n) is 7.36. The summed E-state index contributed by atoms with van der Waals surface area (Å²) < 4.78 is 2.42. The average Bonchev–Trinajstić information content (AvgIpc) is 3.49. The monoisotopic (exact) mass is 459 g/mol. The zero-order valence-electron chi connectivity index (χ0n) is 19.4. The molecule has 0 amide bonds. The van der Waals surface area contributed by atoms with Crippen molar-refractivity contribution in [3.63, 3.8) is 0 Å². The average molecular weight is 460 g/mol. The summed E-state index contributed by atoms with van der Waals surface area (Å²) in [5.41, 5.74) is 8.03. The molecule has 0 atom stereocenters. The Balaban J connectivity index is 1.59. The summed E-state index contributed by atoms with van der Waals surface area (Å²) in [4.78, 5) is 8.35. The lowest BCUT2D eigenvalue weighted by atomic mass is 10.0. The van der Waals surface area contributed by atoms with E-state index in [-0.39, 0.29) is 0 Å². The first-order chi connectivity index (χ1) is 17.9. The zero-order chi connectivity index (χ0) is 23.6. The standard InChI is InChI=1S/C33H21N3/c1-2-8-23(9-3-1)36-30-18-15-22(28-11-6-7-19-34-28)20-27(30)26-17-14-21-13-16-25-24-10-4-5-12-29(24)35-32(25)31(21)33(26)36/h1-20,35H. The highest BCUT2D eigenvalue weighted by atomic mass is 15.0. The van der Waals surface area contributed by atoms with Crippen molar-refractivity contribution in [2.24, 2.45) is 0 Å². The Morgan fingerprint density at radius 2 is 1.42 bits per heavy atom. The van der Waals surface area contributed by atoms with Gasteiger partial charge in [0.25, 0.3) is 0 Å². The number of H-pyrrole nitrogens is 1. The zero-order valence-corrected chi connectivity index (χ0v) is 19.4. The Morgan fingerprint density at radius 1 is 0.611 bits per heavy atom. The van der Waals surface area contributed by atoms with E-state index in [0.717, 1.165) is 22.5 Å². The van der Waals surface area contributed by atoms with Crippen LogP contribution in [-0.2, 0) is 0 Å². The van der Waals surface area contributed by atoms with Gasteiger partial charge < -0.3 is 9.55 Å². The van der Waals surface area contributed by atoms with Gasteiger partial charge in [0.2, 0.25) is 0 Å². The molecular formula is C33H21N3. The van der Waals surface area contributed by atoms with Crippen molar-refractivity contribution in [1.82, 2.24) is 14.5 Å². The molecule has 0 aliphatic rings. The van der Waals surface area contributed by atoms with Gasteiger partial charge in [0.05, 0.1) is 22.2 Å². The molecule has 0 radical (unpaired) electrons. The molecule has 0 aliphatic heterocycles. The van der Waals surface area contributed by atoms with Crippen molar-refractivity contribution >= 4 is 54.4 Å². The third-order valence-corrected chi connectivity index (χ3v) is 7.36. The molecule has 0 aliphatic carbocycles. The Morgan fingerprint density at radius 3 is 2.28 bits per heavy atom. The second-order valence-electron chi connectivity index (χ2n) is 9.34. The molecule has 0 bridgehead atoms. The number of pyridine rings is 1. The topological polar surface area (TPSA) is 33.6 Å². The van der Waals surface area contributed by atoms with Crippen LogP contribution in [0.15, 0.2) is 121 Å². The van der Waals surface area contributed by atoms with E-state index in [2.05, 4.69) is 118 Å². The number of para-hydroxylation sites is 2. The fraction of sp³-hybridized carbons (Fsp3) is 0. The number of aromatic amines is 1. The number of fused-ring (bicyclic) bond motifs is 9. The van der Waals surface area contributed by atoms with Gasteiger partial charge in [-0.15, -0.1) is 0 Å². The summed E-state index contributed by atoms with van der Waals surface area (Å²) in [6.45, 7) is 0. The lowest BCUT2D eigenvalue weighted by Crippen LogP contribution is -1.94. The van der Waals surface area contributed by atoms with E-state index in [9.17, 15) is 0 Å². The molecule has 3 heterocycles. The molecular weight excluding hydrogens is 438 g/mol. The molecule has 3 aromatic heterocycles. The van der Waals surface area contributed by atoms with Gasteiger partial charge in [0, 0.05) is 49.9 Å². The minimum atomic E-state index is 0.985. The molecule has 168 valence electrons. The number of hydrogen-bond donors (Lipinski definition) is 1. The summed E-state index contributed by atoms with van der Waals surface area (Å²) in [6.07, 6.45) is 1.85. The second kappa shape index (κ2) is 7.30. The molecule has 0 unspecified atom stereocenters. The number of nitrogens with one attached hydrogen (secondary N) is 1. The van der Waals surface area contributed by atoms with E-state index in [0.29, 0.717) is 0 Å². The van der Waals surface area contributed by atoms with Crippen LogP contribution < -0.4 is 0 Å². The third kappa shape index (κ3) is 2.65. The van der Waals surface area contributed by atoms with Crippen molar-refractivity contribution in [1.29, 1.82) is 0 Å². The maximum absolute atomic E-state index is 4.60. The Labute approximate surface area is 207 Å². The van der Waals surface area contributed by atoms with E-state index in [1.165, 1.54) is 48.9 Å². The van der Waals surface area contributed by atoms with Gasteiger partial charge in [-0.25, -0.2) is 0 Å². The number of aromatic nitrogens is 3. The van der Waals surface area contributed by atoms with Gasteiger partial charge in [-0.1, -0.05) is 72.8 Å². The van der Waals surface area contributed by atoms with Crippen molar-refractivity contribution in [2.75, 3.05) is 0 Å². The Kier molecular flexibility index (Phi) is 3.94. The highest BCUT2D eigenvalue weighted by Crippen LogP contribution is 2.41. The highest BCUT2D eigenvalue weighted by Gasteiger charge is 2.18. The van der Waals surface area contributed by atoms with Crippen LogP contribution in [0.2, 0.25) is 0 Å². The SMILES string of the molecule is c1ccc(-n2c3ccc(-c4ccccn4)cc3c3ccc4ccc5c6ccccc6[nH]c5c4c32)cc1. The quantitative estimate of drug-likeness (QED) is 0.276. The molecule has 0 saturated carbocycles. The van der Waals surface area contributed by atoms with E-state index < -0.39 is 0 Å². The number of rotatable bonds is 2. The van der Waals surface area contributed by atoms with Crippen molar-refractivity contribution < 1.29 is 0 Å². The van der Waals surface area contributed by atoms with Crippen LogP contribution in [0.5, 0.6) is 0 Å². The number of nitrogens with zero attached hydrogens (tertiary/aromatic N) is 2. The predicted molar refractivity (Wildman–Crippen MR) is 151 cm³/mol.